The summed E-state index contributed by atoms with van der Waals surface area (Å²) in [5.41, 5.74) is 1.22. The smallest absolute Gasteiger partial charge is 0.243 e. The minimum Gasteiger partial charge on any atom is -0.338 e. The average Bonchev–Trinajstić information content (AvgIpc) is 3.33. The van der Waals surface area contributed by atoms with Crippen molar-refractivity contribution in [1.82, 2.24) is 19.3 Å². The number of benzene rings is 2. The predicted molar refractivity (Wildman–Crippen MR) is 143 cm³/mol. The lowest BCUT2D eigenvalue weighted by molar-refractivity contribution is -0.121. The van der Waals surface area contributed by atoms with Crippen LogP contribution in [0.3, 0.4) is 0 Å². The number of hydrogen-bond acceptors (Lipinski definition) is 7. The summed E-state index contributed by atoms with van der Waals surface area (Å²) in [7, 11) is -3.53. The molecule has 0 saturated carbocycles. The van der Waals surface area contributed by atoms with Crippen molar-refractivity contribution in [2.75, 3.05) is 31.5 Å². The molecule has 2 heterocycles. The maximum atomic E-state index is 12.8. The molecule has 198 valence electrons. The second kappa shape index (κ2) is 11.9. The molecule has 1 aliphatic rings. The van der Waals surface area contributed by atoms with Gasteiger partial charge in [-0.15, -0.1) is 0 Å². The van der Waals surface area contributed by atoms with Crippen LogP contribution in [-0.2, 0) is 21.4 Å². The topological polar surface area (TPSA) is 109 Å². The van der Waals surface area contributed by atoms with E-state index in [2.05, 4.69) is 20.4 Å². The van der Waals surface area contributed by atoms with Crippen molar-refractivity contribution in [3.8, 4) is 11.4 Å². The van der Waals surface area contributed by atoms with E-state index in [1.165, 1.54) is 16.4 Å². The number of likely N-dealkylation sites (tertiary alicyclic amines) is 1. The number of nitrogens with zero attached hydrogens (tertiary/aromatic N) is 4. The molecule has 1 aliphatic heterocycles. The molecule has 3 aromatic rings. The first kappa shape index (κ1) is 27.5. The fraction of sp³-hybridized carbons (Fsp3) is 0.400. The Morgan fingerprint density at radius 3 is 2.41 bits per heavy atom. The summed E-state index contributed by atoms with van der Waals surface area (Å²) in [4.78, 5) is 19.6. The summed E-state index contributed by atoms with van der Waals surface area (Å²) < 4.78 is 32.1. The van der Waals surface area contributed by atoms with E-state index in [4.69, 9.17) is 27.7 Å². The lowest BCUT2D eigenvalue weighted by atomic mass is 9.96. The number of aromatic nitrogens is 2. The summed E-state index contributed by atoms with van der Waals surface area (Å²) in [5, 5.41) is 7.93. The van der Waals surface area contributed by atoms with E-state index < -0.39 is 10.0 Å². The molecule has 0 bridgehead atoms. The lowest BCUT2D eigenvalue weighted by Gasteiger charge is -2.30. The SMILES string of the molecule is CCN(CC)S(=O)(=O)c1ccc(NC(=O)C2CCN(Cc3nc(-c4ccc(Cl)cc4Cl)no3)CC2)cc1. The molecule has 4 rings (SSSR count). The fourth-order valence-corrected chi connectivity index (χ4v) is 6.26. The van der Waals surface area contributed by atoms with Gasteiger partial charge in [0.2, 0.25) is 27.6 Å². The van der Waals surface area contributed by atoms with Gasteiger partial charge < -0.3 is 9.84 Å². The number of anilines is 1. The molecule has 0 atom stereocenters. The molecule has 37 heavy (non-hydrogen) atoms. The first-order chi connectivity index (χ1) is 17.7. The molecule has 0 spiro atoms. The standard InChI is InChI=1S/C25H29Cl2N5O4S/c1-3-32(4-2)37(34,35)20-8-6-19(7-9-20)28-25(33)17-11-13-31(14-12-17)16-23-29-24(30-36-23)21-10-5-18(26)15-22(21)27/h5-10,15,17H,3-4,11-14,16H2,1-2H3,(H,28,33). The van der Waals surface area contributed by atoms with Gasteiger partial charge in [-0.3, -0.25) is 9.69 Å². The summed E-state index contributed by atoms with van der Waals surface area (Å²) in [6, 6.07) is 11.4. The second-order valence-corrected chi connectivity index (χ2v) is 11.6. The Balaban J connectivity index is 1.29. The first-order valence-electron chi connectivity index (χ1n) is 12.1. The van der Waals surface area contributed by atoms with Crippen molar-refractivity contribution < 1.29 is 17.7 Å². The van der Waals surface area contributed by atoms with Crippen molar-refractivity contribution >= 4 is 44.8 Å². The normalized spacial score (nSPS) is 15.3. The van der Waals surface area contributed by atoms with E-state index in [0.29, 0.717) is 78.6 Å². The first-order valence-corrected chi connectivity index (χ1v) is 14.3. The van der Waals surface area contributed by atoms with Crippen LogP contribution in [0.2, 0.25) is 10.0 Å². The van der Waals surface area contributed by atoms with Crippen LogP contribution in [0.15, 0.2) is 51.9 Å². The second-order valence-electron chi connectivity index (χ2n) is 8.79. The highest BCUT2D eigenvalue weighted by molar-refractivity contribution is 7.89. The number of sulfonamides is 1. The van der Waals surface area contributed by atoms with Gasteiger partial charge in [0, 0.05) is 35.3 Å². The average molecular weight is 567 g/mol. The third-order valence-corrected chi connectivity index (χ3v) is 9.03. The quantitative estimate of drug-likeness (QED) is 0.392. The summed E-state index contributed by atoms with van der Waals surface area (Å²) in [5.74, 6) is 0.670. The Hall–Kier alpha value is -2.50. The molecule has 1 N–H and O–H groups in total. The molecule has 2 aromatic carbocycles. The van der Waals surface area contributed by atoms with Gasteiger partial charge in [0.1, 0.15) is 0 Å². The van der Waals surface area contributed by atoms with E-state index >= 15 is 0 Å². The van der Waals surface area contributed by atoms with Crippen molar-refractivity contribution in [2.45, 2.75) is 38.1 Å². The molecular weight excluding hydrogens is 537 g/mol. The number of rotatable bonds is 9. The Kier molecular flexibility index (Phi) is 8.86. The van der Waals surface area contributed by atoms with E-state index in [9.17, 15) is 13.2 Å². The van der Waals surface area contributed by atoms with Gasteiger partial charge >= 0.3 is 0 Å². The summed E-state index contributed by atoms with van der Waals surface area (Å²) in [6.07, 6.45) is 1.37. The molecule has 12 heteroatoms. The van der Waals surface area contributed by atoms with Crippen LogP contribution < -0.4 is 5.32 Å². The van der Waals surface area contributed by atoms with Crippen LogP contribution >= 0.6 is 23.2 Å². The van der Waals surface area contributed by atoms with Crippen molar-refractivity contribution in [2.24, 2.45) is 5.92 Å². The zero-order valence-electron chi connectivity index (χ0n) is 20.7. The van der Waals surface area contributed by atoms with E-state index in [-0.39, 0.29) is 16.7 Å². The number of amides is 1. The van der Waals surface area contributed by atoms with Crippen LogP contribution in [0.25, 0.3) is 11.4 Å². The summed E-state index contributed by atoms with van der Waals surface area (Å²) >= 11 is 12.2. The van der Waals surface area contributed by atoms with E-state index in [1.807, 2.05) is 0 Å². The maximum absolute atomic E-state index is 12.8. The van der Waals surface area contributed by atoms with Crippen LogP contribution in [0.5, 0.6) is 0 Å². The molecule has 0 radical (unpaired) electrons. The predicted octanol–water partition coefficient (Wildman–Crippen LogP) is 4.92. The number of halogens is 2. The largest absolute Gasteiger partial charge is 0.338 e. The molecule has 0 unspecified atom stereocenters. The molecule has 1 aromatic heterocycles. The molecule has 9 nitrogen and oxygen atoms in total. The van der Waals surface area contributed by atoms with Gasteiger partial charge in [-0.2, -0.15) is 9.29 Å². The van der Waals surface area contributed by atoms with Gasteiger partial charge in [0.15, 0.2) is 0 Å². The van der Waals surface area contributed by atoms with Crippen LogP contribution in [0.1, 0.15) is 32.6 Å². The van der Waals surface area contributed by atoms with E-state index in [1.54, 1.807) is 44.2 Å². The monoisotopic (exact) mass is 565 g/mol. The molecule has 1 amide bonds. The zero-order chi connectivity index (χ0) is 26.6. The summed E-state index contributed by atoms with van der Waals surface area (Å²) in [6.45, 7) is 6.31. The van der Waals surface area contributed by atoms with Crippen molar-refractivity contribution in [3.63, 3.8) is 0 Å². The number of nitrogens with one attached hydrogen (secondary N) is 1. The highest BCUT2D eigenvalue weighted by Crippen LogP contribution is 2.29. The number of carbonyl (C=O) groups excluding carboxylic acids is 1. The maximum Gasteiger partial charge on any atom is 0.243 e. The van der Waals surface area contributed by atoms with Crippen molar-refractivity contribution in [1.29, 1.82) is 0 Å². The molecular formula is C25H29Cl2N5O4S. The number of carbonyl (C=O) groups is 1. The third-order valence-electron chi connectivity index (χ3n) is 6.42. The third kappa shape index (κ3) is 6.50. The highest BCUT2D eigenvalue weighted by atomic mass is 35.5. The lowest BCUT2D eigenvalue weighted by Crippen LogP contribution is -2.37. The molecule has 1 fully saturated rings. The Morgan fingerprint density at radius 1 is 1.11 bits per heavy atom. The number of hydrogen-bond donors (Lipinski definition) is 1. The van der Waals surface area contributed by atoms with Gasteiger partial charge in [-0.05, 0) is 68.4 Å². The van der Waals surface area contributed by atoms with Crippen LogP contribution in [0.4, 0.5) is 5.69 Å². The van der Waals surface area contributed by atoms with Crippen LogP contribution in [-0.4, -0.2) is 59.8 Å². The van der Waals surface area contributed by atoms with Crippen molar-refractivity contribution in [3.05, 3.63) is 58.4 Å². The minimum atomic E-state index is -3.53. The molecule has 0 aliphatic carbocycles. The molecule has 1 saturated heterocycles. The van der Waals surface area contributed by atoms with Crippen LogP contribution in [0, 0.1) is 5.92 Å². The van der Waals surface area contributed by atoms with Gasteiger partial charge in [0.05, 0.1) is 16.5 Å². The van der Waals surface area contributed by atoms with Gasteiger partial charge in [0.25, 0.3) is 0 Å². The van der Waals surface area contributed by atoms with Gasteiger partial charge in [-0.25, -0.2) is 8.42 Å². The number of piperidine rings is 1. The Labute approximate surface area is 226 Å². The van der Waals surface area contributed by atoms with Gasteiger partial charge in [-0.1, -0.05) is 42.2 Å². The highest BCUT2D eigenvalue weighted by Gasteiger charge is 2.27. The fourth-order valence-electron chi connectivity index (χ4n) is 4.31. The minimum absolute atomic E-state index is 0.0727. The van der Waals surface area contributed by atoms with E-state index in [0.717, 1.165) is 0 Å². The zero-order valence-corrected chi connectivity index (χ0v) is 23.0. The Morgan fingerprint density at radius 2 is 1.78 bits per heavy atom. The Bertz CT molecular complexity index is 1340.